The highest BCUT2D eigenvalue weighted by molar-refractivity contribution is 6.32. The van der Waals surface area contributed by atoms with Gasteiger partial charge in [-0.25, -0.2) is 5.43 Å². The number of nitrogens with one attached hydrogen (secondary N) is 2. The average Bonchev–Trinajstić information content (AvgIpc) is 3.41. The van der Waals surface area contributed by atoms with Gasteiger partial charge in [0.25, 0.3) is 5.91 Å². The predicted octanol–water partition coefficient (Wildman–Crippen LogP) is 3.59. The molecule has 31 heavy (non-hydrogen) atoms. The van der Waals surface area contributed by atoms with E-state index in [2.05, 4.69) is 15.8 Å². The lowest BCUT2D eigenvalue weighted by Gasteiger charge is -2.15. The largest absolute Gasteiger partial charge is 0.495 e. The number of ether oxygens (including phenoxy) is 1. The van der Waals surface area contributed by atoms with Gasteiger partial charge < -0.3 is 14.5 Å². The first-order valence-corrected chi connectivity index (χ1v) is 10.0. The Bertz CT molecular complexity index is 1130. The number of amides is 2. The van der Waals surface area contributed by atoms with Crippen LogP contribution in [0.5, 0.6) is 5.75 Å². The Morgan fingerprint density at radius 2 is 2.03 bits per heavy atom. The number of carbonyl (C=O) groups is 2. The minimum absolute atomic E-state index is 0.237. The molecule has 1 fully saturated rings. The molecule has 158 valence electrons. The number of furan rings is 1. The van der Waals surface area contributed by atoms with Crippen LogP contribution in [0.3, 0.4) is 0 Å². The number of rotatable bonds is 6. The Labute approximate surface area is 184 Å². The summed E-state index contributed by atoms with van der Waals surface area (Å²) in [4.78, 5) is 24.8. The molecule has 2 atom stereocenters. The van der Waals surface area contributed by atoms with Crippen LogP contribution < -0.4 is 15.5 Å². The first kappa shape index (κ1) is 20.7. The first-order valence-electron chi connectivity index (χ1n) is 9.66. The number of hydrogen-bond donors (Lipinski definition) is 2. The molecule has 2 heterocycles. The van der Waals surface area contributed by atoms with Crippen molar-refractivity contribution in [3.05, 3.63) is 77.0 Å². The Hall–Kier alpha value is -3.58. The van der Waals surface area contributed by atoms with Gasteiger partial charge in [0.15, 0.2) is 0 Å². The monoisotopic (exact) mass is 437 g/mol. The smallest absolute Gasteiger partial charge is 0.253 e. The molecule has 4 rings (SSSR count). The summed E-state index contributed by atoms with van der Waals surface area (Å²) in [5, 5.41) is 7.18. The Balaban J connectivity index is 1.42. The van der Waals surface area contributed by atoms with Crippen molar-refractivity contribution in [1.82, 2.24) is 10.7 Å². The Kier molecular flexibility index (Phi) is 6.04. The molecule has 1 saturated heterocycles. The molecule has 2 aromatic carbocycles. The van der Waals surface area contributed by atoms with Gasteiger partial charge in [0.2, 0.25) is 5.91 Å². The number of nitrogens with zero attached hydrogens (tertiary/aromatic N) is 1. The van der Waals surface area contributed by atoms with Crippen LogP contribution in [0.15, 0.2) is 70.2 Å². The number of hydrogen-bond acceptors (Lipinski definition) is 5. The number of methoxy groups -OCH3 is 1. The van der Waals surface area contributed by atoms with Crippen LogP contribution in [0.2, 0.25) is 5.02 Å². The highest BCUT2D eigenvalue weighted by Crippen LogP contribution is 2.31. The van der Waals surface area contributed by atoms with Gasteiger partial charge in [-0.15, -0.1) is 0 Å². The van der Waals surface area contributed by atoms with E-state index in [-0.39, 0.29) is 11.8 Å². The minimum atomic E-state index is -0.840. The normalized spacial score (nSPS) is 18.2. The summed E-state index contributed by atoms with van der Waals surface area (Å²) in [5.74, 6) is -0.236. The summed E-state index contributed by atoms with van der Waals surface area (Å²) >= 11 is 6.16. The summed E-state index contributed by atoms with van der Waals surface area (Å²) in [7, 11) is 1.55. The standard InChI is InChI=1S/C23H20ClN3O4/c1-30-20-9-7-15(11-18(20)24)19-10-8-16(31-19)12-26-27-23(29)21-17(13-25-22(21)28)14-5-3-2-4-6-14/h2-12,17,21H,13H2,1H3,(H,25,28)(H,27,29)/b26-12+/t17-,21+/m1/s1. The summed E-state index contributed by atoms with van der Waals surface area (Å²) in [6, 6.07) is 18.3. The maximum Gasteiger partial charge on any atom is 0.253 e. The fourth-order valence-corrected chi connectivity index (χ4v) is 3.82. The maximum atomic E-state index is 12.6. The summed E-state index contributed by atoms with van der Waals surface area (Å²) in [6.07, 6.45) is 1.39. The van der Waals surface area contributed by atoms with E-state index >= 15 is 0 Å². The van der Waals surface area contributed by atoms with E-state index in [9.17, 15) is 9.59 Å². The lowest BCUT2D eigenvalue weighted by atomic mass is 9.88. The molecule has 0 bridgehead atoms. The van der Waals surface area contributed by atoms with Crippen molar-refractivity contribution < 1.29 is 18.7 Å². The second kappa shape index (κ2) is 9.06. The summed E-state index contributed by atoms with van der Waals surface area (Å²) in [6.45, 7) is 0.413. The first-order chi connectivity index (χ1) is 15.1. The molecule has 0 spiro atoms. The molecule has 0 aliphatic carbocycles. The average molecular weight is 438 g/mol. The zero-order valence-electron chi connectivity index (χ0n) is 16.7. The van der Waals surface area contributed by atoms with E-state index < -0.39 is 11.8 Å². The maximum absolute atomic E-state index is 12.6. The van der Waals surface area contributed by atoms with Gasteiger partial charge in [-0.2, -0.15) is 5.10 Å². The lowest BCUT2D eigenvalue weighted by molar-refractivity contribution is -0.133. The van der Waals surface area contributed by atoms with E-state index in [0.717, 1.165) is 11.1 Å². The molecule has 2 N–H and O–H groups in total. The van der Waals surface area contributed by atoms with Crippen molar-refractivity contribution in [2.45, 2.75) is 5.92 Å². The quantitative estimate of drug-likeness (QED) is 0.350. The highest BCUT2D eigenvalue weighted by atomic mass is 35.5. The van der Waals surface area contributed by atoms with Crippen LogP contribution in [-0.4, -0.2) is 31.7 Å². The zero-order valence-corrected chi connectivity index (χ0v) is 17.4. The van der Waals surface area contributed by atoms with Gasteiger partial charge in [-0.1, -0.05) is 41.9 Å². The Morgan fingerprint density at radius 1 is 1.23 bits per heavy atom. The van der Waals surface area contributed by atoms with Crippen LogP contribution >= 0.6 is 11.6 Å². The fraction of sp³-hybridized carbons (Fsp3) is 0.174. The van der Waals surface area contributed by atoms with Crippen LogP contribution in [0.1, 0.15) is 17.2 Å². The van der Waals surface area contributed by atoms with Gasteiger partial charge in [0.1, 0.15) is 23.2 Å². The minimum Gasteiger partial charge on any atom is -0.495 e. The van der Waals surface area contributed by atoms with Crippen molar-refractivity contribution in [2.75, 3.05) is 13.7 Å². The van der Waals surface area contributed by atoms with Gasteiger partial charge >= 0.3 is 0 Å². The number of carbonyl (C=O) groups excluding carboxylic acids is 2. The second-order valence-corrected chi connectivity index (χ2v) is 7.43. The van der Waals surface area contributed by atoms with Crippen LogP contribution in [0.25, 0.3) is 11.3 Å². The molecular formula is C23H20ClN3O4. The van der Waals surface area contributed by atoms with E-state index in [0.29, 0.717) is 28.8 Å². The van der Waals surface area contributed by atoms with Crippen molar-refractivity contribution in [3.8, 4) is 17.1 Å². The summed E-state index contributed by atoms with van der Waals surface area (Å²) < 4.78 is 10.9. The van der Waals surface area contributed by atoms with Gasteiger partial charge in [-0.05, 0) is 35.9 Å². The highest BCUT2D eigenvalue weighted by Gasteiger charge is 2.40. The number of halogens is 1. The SMILES string of the molecule is COc1ccc(-c2ccc(/C=N/NC(=O)[C@@H]3C(=O)NC[C@@H]3c3ccccc3)o2)cc1Cl. The molecule has 1 aliphatic heterocycles. The Morgan fingerprint density at radius 3 is 2.77 bits per heavy atom. The lowest BCUT2D eigenvalue weighted by Crippen LogP contribution is -2.34. The predicted molar refractivity (Wildman–Crippen MR) is 117 cm³/mol. The molecule has 8 heteroatoms. The molecule has 1 aliphatic rings. The van der Waals surface area contributed by atoms with Crippen molar-refractivity contribution >= 4 is 29.6 Å². The third-order valence-corrected chi connectivity index (χ3v) is 5.42. The molecule has 0 unspecified atom stereocenters. The van der Waals surface area contributed by atoms with Crippen molar-refractivity contribution in [3.63, 3.8) is 0 Å². The van der Waals surface area contributed by atoms with Gasteiger partial charge in [0, 0.05) is 18.0 Å². The zero-order chi connectivity index (χ0) is 21.8. The fourth-order valence-electron chi connectivity index (χ4n) is 3.56. The van der Waals surface area contributed by atoms with Crippen LogP contribution in [-0.2, 0) is 9.59 Å². The van der Waals surface area contributed by atoms with Crippen molar-refractivity contribution in [1.29, 1.82) is 0 Å². The van der Waals surface area contributed by atoms with Crippen molar-refractivity contribution in [2.24, 2.45) is 11.0 Å². The van der Waals surface area contributed by atoms with Crippen LogP contribution in [0, 0.1) is 5.92 Å². The van der Waals surface area contributed by atoms with E-state index in [1.165, 1.54) is 6.21 Å². The third kappa shape index (κ3) is 4.46. The molecule has 2 amide bonds. The molecule has 0 radical (unpaired) electrons. The molecule has 7 nitrogen and oxygen atoms in total. The number of hydrazone groups is 1. The van der Waals surface area contributed by atoms with Crippen LogP contribution in [0.4, 0.5) is 0 Å². The van der Waals surface area contributed by atoms with E-state index in [1.54, 1.807) is 31.4 Å². The molecule has 0 saturated carbocycles. The molecule has 3 aromatic rings. The molecular weight excluding hydrogens is 418 g/mol. The molecule has 1 aromatic heterocycles. The summed E-state index contributed by atoms with van der Waals surface area (Å²) in [5.41, 5.74) is 4.16. The van der Waals surface area contributed by atoms with Gasteiger partial charge in [-0.3, -0.25) is 9.59 Å². The van der Waals surface area contributed by atoms with Gasteiger partial charge in [0.05, 0.1) is 18.3 Å². The third-order valence-electron chi connectivity index (χ3n) is 5.12. The van der Waals surface area contributed by atoms with E-state index in [4.69, 9.17) is 20.8 Å². The topological polar surface area (TPSA) is 92.9 Å². The second-order valence-electron chi connectivity index (χ2n) is 7.03. The number of benzene rings is 2. The van der Waals surface area contributed by atoms with E-state index in [1.807, 2.05) is 36.4 Å².